The van der Waals surface area contributed by atoms with Crippen molar-refractivity contribution in [2.24, 2.45) is 0 Å². The van der Waals surface area contributed by atoms with E-state index in [1.807, 2.05) is 69.3 Å². The van der Waals surface area contributed by atoms with Gasteiger partial charge in [0.1, 0.15) is 45.3 Å². The van der Waals surface area contributed by atoms with E-state index < -0.39 is 16.5 Å². The molecule has 58 heavy (non-hydrogen) atoms. The summed E-state index contributed by atoms with van der Waals surface area (Å²) in [4.78, 5) is 0. The van der Waals surface area contributed by atoms with Gasteiger partial charge in [-0.1, -0.05) is 62.3 Å². The molecule has 314 valence electrons. The van der Waals surface area contributed by atoms with Crippen molar-refractivity contribution in [1.29, 1.82) is 0 Å². The maximum atomic E-state index is 6.85. The normalized spacial score (nSPS) is 13.9. The van der Waals surface area contributed by atoms with Gasteiger partial charge in [-0.15, -0.1) is 0 Å². The van der Waals surface area contributed by atoms with Gasteiger partial charge in [-0.2, -0.15) is 0 Å². The Labute approximate surface area is 344 Å². The van der Waals surface area contributed by atoms with E-state index in [4.69, 9.17) is 44.8 Å². The van der Waals surface area contributed by atoms with Crippen LogP contribution in [0.1, 0.15) is 105 Å². The molecule has 0 aliphatic heterocycles. The Hall–Kier alpha value is -4.20. The Bertz CT molecular complexity index is 2460. The van der Waals surface area contributed by atoms with Crippen LogP contribution in [0.2, 0.25) is 0 Å². The van der Waals surface area contributed by atoms with Gasteiger partial charge < -0.3 is 35.7 Å². The standard InChI is InChI=1S/C46H60O10P2/c1-26-17-29(47-13)19-33-34-20-30(48-14)23-37(44(4,5)6)41(34)54-57(53-40(26)33)51-27(2)18-28(3)52-58-55-42-35(21-31(49-15)24-38(42)45(7,8)9)36-22-32(50-16)25-39(43(36)56-58)46(10,11)12/h17,19-25,27-28H,18H2,1-16H3/t27-,28-,57?/m1/s1. The van der Waals surface area contributed by atoms with Crippen molar-refractivity contribution in [3.63, 3.8) is 0 Å². The van der Waals surface area contributed by atoms with E-state index >= 15 is 0 Å². The minimum Gasteiger partial charge on any atom is -0.497 e. The van der Waals surface area contributed by atoms with Crippen molar-refractivity contribution in [2.45, 2.75) is 118 Å². The maximum absolute atomic E-state index is 6.85. The SMILES string of the molecule is COc1cc(C)c2op(O[C@H](C)C[C@@H](C)Op3oc4c(C(C)(C)C)cc(OC)cc4c4cc(OC)cc(C(C)(C)C)c4o3)oc3c(C(C)(C)C)cc(OC)cc3c2c1. The number of hydrogen-bond donors (Lipinski definition) is 0. The van der Waals surface area contributed by atoms with Crippen LogP contribution in [0.25, 0.3) is 43.9 Å². The highest BCUT2D eigenvalue weighted by molar-refractivity contribution is 7.32. The van der Waals surface area contributed by atoms with Gasteiger partial charge in [-0.05, 0) is 91.1 Å². The molecule has 2 aromatic heterocycles. The molecule has 0 amide bonds. The Morgan fingerprint density at radius 2 is 0.724 bits per heavy atom. The first kappa shape index (κ1) is 43.4. The molecule has 0 aliphatic rings. The molecule has 0 N–H and O–H groups in total. The third kappa shape index (κ3) is 9.01. The lowest BCUT2D eigenvalue weighted by molar-refractivity contribution is 0.184. The summed E-state index contributed by atoms with van der Waals surface area (Å²) in [5.74, 6) is 2.89. The molecule has 0 saturated heterocycles. The molecule has 0 aliphatic carbocycles. The number of rotatable bonds is 10. The van der Waals surface area contributed by atoms with Gasteiger partial charge in [0.05, 0.1) is 40.6 Å². The van der Waals surface area contributed by atoms with Crippen molar-refractivity contribution in [3.05, 3.63) is 70.8 Å². The highest BCUT2D eigenvalue weighted by Gasteiger charge is 2.28. The lowest BCUT2D eigenvalue weighted by Gasteiger charge is -2.21. The smallest absolute Gasteiger partial charge is 0.387 e. The fraction of sp³-hybridized carbons (Fsp3) is 0.478. The Morgan fingerprint density at radius 3 is 1.02 bits per heavy atom. The van der Waals surface area contributed by atoms with E-state index in [1.54, 1.807) is 28.4 Å². The van der Waals surface area contributed by atoms with Gasteiger partial charge >= 0.3 is 16.5 Å². The number of benzene rings is 4. The molecule has 3 atom stereocenters. The molecular formula is C46H60O10P2. The number of aryl methyl sites for hydroxylation is 1. The summed E-state index contributed by atoms with van der Waals surface area (Å²) in [6.07, 6.45) is -0.192. The number of ether oxygens (including phenoxy) is 4. The van der Waals surface area contributed by atoms with Crippen molar-refractivity contribution in [2.75, 3.05) is 28.4 Å². The molecule has 6 rings (SSSR count). The zero-order valence-electron chi connectivity index (χ0n) is 37.0. The minimum atomic E-state index is -1.94. The quantitative estimate of drug-likeness (QED) is 0.132. The molecule has 1 unspecified atom stereocenters. The molecule has 2 heterocycles. The van der Waals surface area contributed by atoms with E-state index in [0.29, 0.717) is 28.8 Å². The second-order valence-electron chi connectivity index (χ2n) is 18.1. The predicted octanol–water partition coefficient (Wildman–Crippen LogP) is 13.9. The van der Waals surface area contributed by atoms with Crippen molar-refractivity contribution in [1.82, 2.24) is 0 Å². The molecule has 4 aromatic carbocycles. The van der Waals surface area contributed by atoms with Gasteiger partial charge in [0.25, 0.3) is 0 Å². The minimum absolute atomic E-state index is 0.278. The Kier molecular flexibility index (Phi) is 12.3. The topological polar surface area (TPSA) is 108 Å². The fourth-order valence-corrected chi connectivity index (χ4v) is 9.61. The van der Waals surface area contributed by atoms with E-state index in [1.165, 1.54) is 0 Å². The summed E-state index contributed by atoms with van der Waals surface area (Å²) >= 11 is 0. The summed E-state index contributed by atoms with van der Waals surface area (Å²) < 4.78 is 63.6. The third-order valence-electron chi connectivity index (χ3n) is 10.2. The van der Waals surface area contributed by atoms with Gasteiger partial charge in [0.15, 0.2) is 0 Å². The summed E-state index contributed by atoms with van der Waals surface area (Å²) in [7, 11) is 2.85. The largest absolute Gasteiger partial charge is 0.497 e. The first-order valence-electron chi connectivity index (χ1n) is 19.7. The first-order valence-corrected chi connectivity index (χ1v) is 21.9. The van der Waals surface area contributed by atoms with E-state index in [9.17, 15) is 0 Å². The summed E-state index contributed by atoms with van der Waals surface area (Å²) in [5.41, 5.74) is 5.74. The number of fused-ring (bicyclic) bond motifs is 6. The Morgan fingerprint density at radius 1 is 0.448 bits per heavy atom. The van der Waals surface area contributed by atoms with Crippen LogP contribution < -0.4 is 28.0 Å². The molecule has 12 heteroatoms. The second-order valence-corrected chi connectivity index (χ2v) is 20.2. The van der Waals surface area contributed by atoms with Crippen LogP contribution in [0, 0.1) is 6.92 Å². The van der Waals surface area contributed by atoms with Crippen LogP contribution in [0.5, 0.6) is 23.0 Å². The zero-order valence-corrected chi connectivity index (χ0v) is 38.7. The monoisotopic (exact) mass is 834 g/mol. The molecule has 0 fully saturated rings. The van der Waals surface area contributed by atoms with E-state index in [-0.39, 0.29) is 28.5 Å². The zero-order chi connectivity index (χ0) is 42.5. The highest BCUT2D eigenvalue weighted by Crippen LogP contribution is 2.46. The van der Waals surface area contributed by atoms with Gasteiger partial charge in [-0.3, -0.25) is 9.05 Å². The average Bonchev–Trinajstić information content (AvgIpc) is 3.39. The van der Waals surface area contributed by atoms with E-state index in [0.717, 1.165) is 66.8 Å². The molecule has 10 nitrogen and oxygen atoms in total. The number of hydrogen-bond acceptors (Lipinski definition) is 10. The van der Waals surface area contributed by atoms with Crippen molar-refractivity contribution >= 4 is 60.4 Å². The molecule has 0 radical (unpaired) electrons. The van der Waals surface area contributed by atoms with Crippen LogP contribution in [0.4, 0.5) is 0 Å². The second kappa shape index (κ2) is 16.5. The lowest BCUT2D eigenvalue weighted by atomic mass is 9.84. The molecule has 0 spiro atoms. The van der Waals surface area contributed by atoms with Crippen LogP contribution in [0.3, 0.4) is 0 Å². The molecule has 6 aromatic rings. The van der Waals surface area contributed by atoms with E-state index in [2.05, 4.69) is 62.3 Å². The molecule has 0 saturated carbocycles. The van der Waals surface area contributed by atoms with Crippen LogP contribution in [0.15, 0.2) is 65.3 Å². The van der Waals surface area contributed by atoms with Crippen molar-refractivity contribution < 1.29 is 44.8 Å². The van der Waals surface area contributed by atoms with Crippen LogP contribution >= 0.6 is 16.5 Å². The van der Waals surface area contributed by atoms with Gasteiger partial charge in [-0.25, -0.2) is 0 Å². The highest BCUT2D eigenvalue weighted by atomic mass is 31.1. The van der Waals surface area contributed by atoms with Crippen LogP contribution in [-0.4, -0.2) is 40.6 Å². The fourth-order valence-electron chi connectivity index (χ4n) is 7.18. The van der Waals surface area contributed by atoms with Gasteiger partial charge in [0, 0.05) is 44.7 Å². The third-order valence-corrected chi connectivity index (χ3v) is 12.6. The summed E-state index contributed by atoms with van der Waals surface area (Å²) in [5, 5.41) is 3.41. The maximum Gasteiger partial charge on any atom is 0.387 e. The van der Waals surface area contributed by atoms with Gasteiger partial charge in [0.2, 0.25) is 0 Å². The summed E-state index contributed by atoms with van der Waals surface area (Å²) in [6.45, 7) is 25.4. The Balaban J connectivity index is 1.46. The van der Waals surface area contributed by atoms with Crippen LogP contribution in [-0.2, 0) is 16.2 Å². The lowest BCUT2D eigenvalue weighted by Crippen LogP contribution is -2.21. The number of methoxy groups -OCH3 is 4. The summed E-state index contributed by atoms with van der Waals surface area (Å²) in [6, 6.07) is 16.0. The molecule has 0 bridgehead atoms. The first-order chi connectivity index (χ1) is 27.1. The average molecular weight is 835 g/mol. The predicted molar refractivity (Wildman–Crippen MR) is 236 cm³/mol. The molecular weight excluding hydrogens is 774 g/mol. The van der Waals surface area contributed by atoms with Crippen molar-refractivity contribution in [3.8, 4) is 23.0 Å².